The van der Waals surface area contributed by atoms with E-state index in [0.717, 1.165) is 5.56 Å². The molecular formula is C12H13NO4. The van der Waals surface area contributed by atoms with Crippen molar-refractivity contribution in [2.75, 3.05) is 18.1 Å². The molecule has 1 aromatic rings. The maximum atomic E-state index is 11.5. The first kappa shape index (κ1) is 11.6. The van der Waals surface area contributed by atoms with Crippen molar-refractivity contribution < 1.29 is 19.4 Å². The van der Waals surface area contributed by atoms with Crippen molar-refractivity contribution in [3.8, 4) is 0 Å². The van der Waals surface area contributed by atoms with Crippen molar-refractivity contribution in [1.29, 1.82) is 0 Å². The molecule has 2 rings (SSSR count). The summed E-state index contributed by atoms with van der Waals surface area (Å²) in [5.74, 6) is -1.11. The normalized spacial score (nSPS) is 15.0. The molecular weight excluding hydrogens is 222 g/mol. The van der Waals surface area contributed by atoms with E-state index in [9.17, 15) is 9.59 Å². The molecule has 0 saturated carbocycles. The van der Waals surface area contributed by atoms with E-state index in [0.29, 0.717) is 25.4 Å². The van der Waals surface area contributed by atoms with Crippen LogP contribution in [0, 0.1) is 0 Å². The topological polar surface area (TPSA) is 66.8 Å². The van der Waals surface area contributed by atoms with Crippen LogP contribution in [0.15, 0.2) is 18.2 Å². The smallest absolute Gasteiger partial charge is 0.335 e. The summed E-state index contributed by atoms with van der Waals surface area (Å²) in [6.45, 7) is 2.77. The van der Waals surface area contributed by atoms with E-state index in [1.54, 1.807) is 11.0 Å². The van der Waals surface area contributed by atoms with Gasteiger partial charge < -0.3 is 14.7 Å². The fourth-order valence-electron chi connectivity index (χ4n) is 1.86. The predicted octanol–water partition coefficient (Wildman–Crippen LogP) is 1.27. The van der Waals surface area contributed by atoms with Crippen LogP contribution in [0.25, 0.3) is 0 Å². The van der Waals surface area contributed by atoms with Crippen molar-refractivity contribution in [1.82, 2.24) is 0 Å². The van der Waals surface area contributed by atoms with E-state index >= 15 is 0 Å². The lowest BCUT2D eigenvalue weighted by atomic mass is 10.1. The van der Waals surface area contributed by atoms with Crippen LogP contribution in [0.5, 0.6) is 0 Å². The Morgan fingerprint density at radius 2 is 2.18 bits per heavy atom. The highest BCUT2D eigenvalue weighted by Gasteiger charge is 2.20. The molecule has 1 aliphatic heterocycles. The van der Waals surface area contributed by atoms with Crippen molar-refractivity contribution in [2.24, 2.45) is 0 Å². The number of amides is 1. The van der Waals surface area contributed by atoms with Gasteiger partial charge >= 0.3 is 5.97 Å². The standard InChI is InChI=1S/C12H13NO4/c1-8(14)13-4-5-17-7-10-3-2-9(12(15)16)6-11(10)13/h2-3,6H,4-5,7H2,1H3,(H,15,16). The molecule has 0 aliphatic carbocycles. The first-order chi connectivity index (χ1) is 8.09. The van der Waals surface area contributed by atoms with Crippen molar-refractivity contribution >= 4 is 17.6 Å². The molecule has 1 amide bonds. The molecule has 1 aliphatic rings. The zero-order chi connectivity index (χ0) is 12.4. The molecule has 0 bridgehead atoms. The van der Waals surface area contributed by atoms with Crippen LogP contribution in [0.3, 0.4) is 0 Å². The van der Waals surface area contributed by atoms with Crippen molar-refractivity contribution in [3.05, 3.63) is 29.3 Å². The summed E-state index contributed by atoms with van der Waals surface area (Å²) < 4.78 is 5.36. The Balaban J connectivity index is 2.49. The van der Waals surface area contributed by atoms with Gasteiger partial charge in [0.15, 0.2) is 0 Å². The third kappa shape index (κ3) is 2.29. The highest BCUT2D eigenvalue weighted by atomic mass is 16.5. The average molecular weight is 235 g/mol. The summed E-state index contributed by atoms with van der Waals surface area (Å²) in [5, 5.41) is 8.95. The molecule has 1 N–H and O–H groups in total. The second kappa shape index (κ2) is 4.55. The van der Waals surface area contributed by atoms with Gasteiger partial charge in [0.25, 0.3) is 0 Å². The molecule has 90 valence electrons. The van der Waals surface area contributed by atoms with E-state index in [1.807, 2.05) is 0 Å². The number of fused-ring (bicyclic) bond motifs is 1. The van der Waals surface area contributed by atoms with Gasteiger partial charge in [-0.05, 0) is 12.1 Å². The van der Waals surface area contributed by atoms with Gasteiger partial charge in [0.05, 0.1) is 24.5 Å². The number of ether oxygens (including phenoxy) is 1. The highest BCUT2D eigenvalue weighted by Crippen LogP contribution is 2.25. The minimum atomic E-state index is -0.999. The zero-order valence-electron chi connectivity index (χ0n) is 9.47. The lowest BCUT2D eigenvalue weighted by Gasteiger charge is -2.20. The Morgan fingerprint density at radius 3 is 2.82 bits per heavy atom. The monoisotopic (exact) mass is 235 g/mol. The van der Waals surface area contributed by atoms with Crippen LogP contribution in [-0.2, 0) is 16.1 Å². The number of carboxylic acid groups (broad SMARTS) is 1. The Labute approximate surface area is 98.6 Å². The van der Waals surface area contributed by atoms with Gasteiger partial charge in [0.1, 0.15) is 0 Å². The quantitative estimate of drug-likeness (QED) is 0.796. The molecule has 1 aromatic carbocycles. The number of rotatable bonds is 1. The summed E-state index contributed by atoms with van der Waals surface area (Å²) in [5.41, 5.74) is 1.65. The number of carbonyl (C=O) groups is 2. The maximum Gasteiger partial charge on any atom is 0.335 e. The number of anilines is 1. The molecule has 0 saturated heterocycles. The van der Waals surface area contributed by atoms with Crippen molar-refractivity contribution in [3.63, 3.8) is 0 Å². The third-order valence-electron chi connectivity index (χ3n) is 2.72. The Kier molecular flexibility index (Phi) is 3.10. The summed E-state index contributed by atoms with van der Waals surface area (Å²) in [4.78, 5) is 24.0. The number of carbonyl (C=O) groups excluding carboxylic acids is 1. The molecule has 0 radical (unpaired) electrons. The Bertz CT molecular complexity index is 470. The second-order valence-corrected chi connectivity index (χ2v) is 3.87. The molecule has 0 unspecified atom stereocenters. The Morgan fingerprint density at radius 1 is 1.41 bits per heavy atom. The third-order valence-corrected chi connectivity index (χ3v) is 2.72. The minimum absolute atomic E-state index is 0.112. The molecule has 0 spiro atoms. The number of hydrogen-bond donors (Lipinski definition) is 1. The van der Waals surface area contributed by atoms with Gasteiger partial charge in [-0.25, -0.2) is 4.79 Å². The highest BCUT2D eigenvalue weighted by molar-refractivity contribution is 5.95. The number of aromatic carboxylic acids is 1. The summed E-state index contributed by atoms with van der Waals surface area (Å²) in [6.07, 6.45) is 0. The first-order valence-electron chi connectivity index (χ1n) is 5.31. The van der Waals surface area contributed by atoms with Crippen LogP contribution in [0.1, 0.15) is 22.8 Å². The van der Waals surface area contributed by atoms with E-state index in [4.69, 9.17) is 9.84 Å². The van der Waals surface area contributed by atoms with Crippen molar-refractivity contribution in [2.45, 2.75) is 13.5 Å². The number of nitrogens with zero attached hydrogens (tertiary/aromatic N) is 1. The summed E-state index contributed by atoms with van der Waals surface area (Å²) >= 11 is 0. The van der Waals surface area contributed by atoms with E-state index < -0.39 is 5.97 Å². The van der Waals surface area contributed by atoms with Crippen LogP contribution in [0.2, 0.25) is 0 Å². The molecule has 5 heteroatoms. The fraction of sp³-hybridized carbons (Fsp3) is 0.333. The molecule has 1 heterocycles. The fourth-order valence-corrected chi connectivity index (χ4v) is 1.86. The van der Waals surface area contributed by atoms with Crippen LogP contribution in [0.4, 0.5) is 5.69 Å². The van der Waals surface area contributed by atoms with E-state index in [2.05, 4.69) is 0 Å². The van der Waals surface area contributed by atoms with Gasteiger partial charge in [-0.2, -0.15) is 0 Å². The lowest BCUT2D eigenvalue weighted by Crippen LogP contribution is -2.31. The van der Waals surface area contributed by atoms with Crippen LogP contribution in [-0.4, -0.2) is 30.1 Å². The van der Waals surface area contributed by atoms with E-state index in [-0.39, 0.29) is 11.5 Å². The lowest BCUT2D eigenvalue weighted by molar-refractivity contribution is -0.116. The zero-order valence-corrected chi connectivity index (χ0v) is 9.47. The maximum absolute atomic E-state index is 11.5. The summed E-state index contributed by atoms with van der Waals surface area (Å²) in [7, 11) is 0. The van der Waals surface area contributed by atoms with E-state index in [1.165, 1.54) is 19.1 Å². The van der Waals surface area contributed by atoms with Gasteiger partial charge in [0, 0.05) is 19.0 Å². The molecule has 5 nitrogen and oxygen atoms in total. The molecule has 0 atom stereocenters. The molecule has 0 aromatic heterocycles. The predicted molar refractivity (Wildman–Crippen MR) is 61.1 cm³/mol. The number of carboxylic acids is 1. The SMILES string of the molecule is CC(=O)N1CCOCc2ccc(C(=O)O)cc21. The minimum Gasteiger partial charge on any atom is -0.478 e. The number of hydrogen-bond acceptors (Lipinski definition) is 3. The average Bonchev–Trinajstić information content (AvgIpc) is 2.49. The first-order valence-corrected chi connectivity index (χ1v) is 5.31. The van der Waals surface area contributed by atoms with Crippen LogP contribution < -0.4 is 4.90 Å². The van der Waals surface area contributed by atoms with Gasteiger partial charge in [-0.1, -0.05) is 6.07 Å². The Hall–Kier alpha value is -1.88. The second-order valence-electron chi connectivity index (χ2n) is 3.87. The van der Waals surface area contributed by atoms with Gasteiger partial charge in [0.2, 0.25) is 5.91 Å². The van der Waals surface area contributed by atoms with Gasteiger partial charge in [-0.3, -0.25) is 4.79 Å². The molecule has 0 fully saturated rings. The largest absolute Gasteiger partial charge is 0.478 e. The summed E-state index contributed by atoms with van der Waals surface area (Å²) in [6, 6.07) is 4.74. The van der Waals surface area contributed by atoms with Crippen LogP contribution >= 0.6 is 0 Å². The number of benzene rings is 1. The molecule has 17 heavy (non-hydrogen) atoms. The van der Waals surface area contributed by atoms with Gasteiger partial charge in [-0.15, -0.1) is 0 Å².